The highest BCUT2D eigenvalue weighted by molar-refractivity contribution is 5.78. The molecule has 1 aromatic carbocycles. The highest BCUT2D eigenvalue weighted by Gasteiger charge is 2.02. The predicted molar refractivity (Wildman–Crippen MR) is 68.6 cm³/mol. The molecule has 0 spiro atoms. The molecule has 0 heterocycles. The monoisotopic (exact) mass is 216 g/mol. The molecule has 0 aliphatic carbocycles. The number of rotatable bonds is 6. The fourth-order valence-electron chi connectivity index (χ4n) is 1.63. The van der Waals surface area contributed by atoms with E-state index < -0.39 is 0 Å². The Morgan fingerprint density at radius 1 is 1.25 bits per heavy atom. The van der Waals surface area contributed by atoms with Gasteiger partial charge in [0.25, 0.3) is 0 Å². The Labute approximate surface area is 98.2 Å². The molecule has 0 unspecified atom stereocenters. The van der Waals surface area contributed by atoms with Gasteiger partial charge in [0.15, 0.2) is 0 Å². The maximum absolute atomic E-state index is 11.6. The number of hydrogen-bond donors (Lipinski definition) is 0. The number of aryl methyl sites for hydroxylation is 2. The quantitative estimate of drug-likeness (QED) is 0.660. The van der Waals surface area contributed by atoms with Gasteiger partial charge in [-0.1, -0.05) is 35.4 Å². The van der Waals surface area contributed by atoms with Crippen LogP contribution in [0.2, 0.25) is 0 Å². The molecule has 0 aromatic heterocycles. The van der Waals surface area contributed by atoms with Crippen molar-refractivity contribution in [2.24, 2.45) is 0 Å². The van der Waals surface area contributed by atoms with Crippen LogP contribution >= 0.6 is 0 Å². The summed E-state index contributed by atoms with van der Waals surface area (Å²) in [6, 6.07) is 8.35. The molecule has 86 valence electrons. The average molecular weight is 216 g/mol. The molecule has 0 aliphatic rings. The van der Waals surface area contributed by atoms with Crippen molar-refractivity contribution in [3.63, 3.8) is 0 Å². The minimum Gasteiger partial charge on any atom is -0.300 e. The fourth-order valence-corrected chi connectivity index (χ4v) is 1.63. The average Bonchev–Trinajstić information content (AvgIpc) is 2.23. The van der Waals surface area contributed by atoms with E-state index in [0.717, 1.165) is 18.4 Å². The number of benzene rings is 1. The molecule has 0 saturated heterocycles. The second-order valence-electron chi connectivity index (χ2n) is 4.48. The Morgan fingerprint density at radius 3 is 2.62 bits per heavy atom. The first-order valence-electron chi connectivity index (χ1n) is 5.79. The van der Waals surface area contributed by atoms with Crippen LogP contribution in [0, 0.1) is 6.92 Å². The lowest BCUT2D eigenvalue weighted by molar-refractivity contribution is -0.119. The van der Waals surface area contributed by atoms with Crippen molar-refractivity contribution in [1.82, 2.24) is 0 Å². The lowest BCUT2D eigenvalue weighted by Gasteiger charge is -2.02. The van der Waals surface area contributed by atoms with Crippen LogP contribution in [0.15, 0.2) is 36.4 Å². The summed E-state index contributed by atoms with van der Waals surface area (Å²) < 4.78 is 0. The summed E-state index contributed by atoms with van der Waals surface area (Å²) in [5.41, 5.74) is 3.60. The molecule has 0 atom stereocenters. The van der Waals surface area contributed by atoms with Gasteiger partial charge >= 0.3 is 0 Å². The number of carbonyl (C=O) groups excluding carboxylic acids is 1. The third kappa shape index (κ3) is 4.92. The third-order valence-corrected chi connectivity index (χ3v) is 2.61. The highest BCUT2D eigenvalue weighted by atomic mass is 16.1. The van der Waals surface area contributed by atoms with Crippen LogP contribution in [-0.2, 0) is 11.2 Å². The van der Waals surface area contributed by atoms with Crippen molar-refractivity contribution in [3.05, 3.63) is 47.5 Å². The molecule has 1 nitrogen and oxygen atoms in total. The molecule has 0 fully saturated rings. The van der Waals surface area contributed by atoms with E-state index in [2.05, 4.69) is 31.7 Å². The summed E-state index contributed by atoms with van der Waals surface area (Å²) in [4.78, 5) is 11.6. The molecular formula is C15H20O. The van der Waals surface area contributed by atoms with Crippen molar-refractivity contribution >= 4 is 5.78 Å². The van der Waals surface area contributed by atoms with Crippen LogP contribution in [0.4, 0.5) is 0 Å². The van der Waals surface area contributed by atoms with Crippen molar-refractivity contribution < 1.29 is 4.79 Å². The van der Waals surface area contributed by atoms with E-state index in [9.17, 15) is 4.79 Å². The normalized spacial score (nSPS) is 10.1. The van der Waals surface area contributed by atoms with E-state index in [4.69, 9.17) is 0 Å². The topological polar surface area (TPSA) is 17.1 Å². The number of carbonyl (C=O) groups is 1. The maximum atomic E-state index is 11.6. The van der Waals surface area contributed by atoms with Gasteiger partial charge in [0.2, 0.25) is 0 Å². The Kier molecular flexibility index (Phi) is 4.97. The van der Waals surface area contributed by atoms with Gasteiger partial charge < -0.3 is 0 Å². The summed E-state index contributed by atoms with van der Waals surface area (Å²) in [7, 11) is 0. The van der Waals surface area contributed by atoms with Crippen LogP contribution in [0.5, 0.6) is 0 Å². The summed E-state index contributed by atoms with van der Waals surface area (Å²) >= 11 is 0. The number of allylic oxidation sites excluding steroid dienone is 1. The molecule has 0 saturated carbocycles. The molecule has 0 radical (unpaired) electrons. The smallest absolute Gasteiger partial charge is 0.133 e. The van der Waals surface area contributed by atoms with Gasteiger partial charge in [-0.2, -0.15) is 0 Å². The van der Waals surface area contributed by atoms with E-state index in [1.54, 1.807) is 0 Å². The Hall–Kier alpha value is -1.37. The number of ketones is 1. The zero-order chi connectivity index (χ0) is 12.0. The zero-order valence-electron chi connectivity index (χ0n) is 10.3. The summed E-state index contributed by atoms with van der Waals surface area (Å²) in [5.74, 6) is 0.338. The van der Waals surface area contributed by atoms with E-state index in [-0.39, 0.29) is 0 Å². The SMILES string of the molecule is C=C(C)CCC(=O)CCc1cccc(C)c1. The zero-order valence-corrected chi connectivity index (χ0v) is 10.3. The lowest BCUT2D eigenvalue weighted by Crippen LogP contribution is -2.00. The molecule has 0 amide bonds. The van der Waals surface area contributed by atoms with Crippen molar-refractivity contribution in [2.75, 3.05) is 0 Å². The molecule has 1 rings (SSSR count). The Morgan fingerprint density at radius 2 is 2.00 bits per heavy atom. The van der Waals surface area contributed by atoms with Gasteiger partial charge in [-0.25, -0.2) is 0 Å². The molecular weight excluding hydrogens is 196 g/mol. The fraction of sp³-hybridized carbons (Fsp3) is 0.400. The molecule has 0 aliphatic heterocycles. The summed E-state index contributed by atoms with van der Waals surface area (Å²) in [5, 5.41) is 0. The minimum absolute atomic E-state index is 0.338. The van der Waals surface area contributed by atoms with Crippen LogP contribution in [0.3, 0.4) is 0 Å². The van der Waals surface area contributed by atoms with Crippen molar-refractivity contribution in [3.8, 4) is 0 Å². The molecule has 16 heavy (non-hydrogen) atoms. The first-order valence-corrected chi connectivity index (χ1v) is 5.79. The van der Waals surface area contributed by atoms with E-state index >= 15 is 0 Å². The molecule has 1 heteroatoms. The maximum Gasteiger partial charge on any atom is 0.133 e. The van der Waals surface area contributed by atoms with E-state index in [1.165, 1.54) is 11.1 Å². The highest BCUT2D eigenvalue weighted by Crippen LogP contribution is 2.09. The van der Waals surface area contributed by atoms with Gasteiger partial charge in [0, 0.05) is 12.8 Å². The third-order valence-electron chi connectivity index (χ3n) is 2.61. The van der Waals surface area contributed by atoms with Crippen molar-refractivity contribution in [2.45, 2.75) is 39.5 Å². The van der Waals surface area contributed by atoms with Gasteiger partial charge in [0.1, 0.15) is 5.78 Å². The van der Waals surface area contributed by atoms with Gasteiger partial charge in [-0.3, -0.25) is 4.79 Å². The molecule has 0 bridgehead atoms. The largest absolute Gasteiger partial charge is 0.300 e. The summed E-state index contributed by atoms with van der Waals surface area (Å²) in [6.07, 6.45) is 2.97. The van der Waals surface area contributed by atoms with Gasteiger partial charge in [0.05, 0.1) is 0 Å². The van der Waals surface area contributed by atoms with Gasteiger partial charge in [-0.15, -0.1) is 6.58 Å². The Bertz CT molecular complexity index is 377. The van der Waals surface area contributed by atoms with E-state index in [1.807, 2.05) is 13.0 Å². The first kappa shape index (κ1) is 12.7. The van der Waals surface area contributed by atoms with Gasteiger partial charge in [-0.05, 0) is 32.3 Å². The second kappa shape index (κ2) is 6.26. The number of hydrogen-bond acceptors (Lipinski definition) is 1. The Balaban J connectivity index is 2.34. The standard InChI is InChI=1S/C15H20O/c1-12(2)7-9-15(16)10-8-14-6-4-5-13(3)11-14/h4-6,11H,1,7-10H2,2-3H3. The van der Waals surface area contributed by atoms with E-state index in [0.29, 0.717) is 18.6 Å². The lowest BCUT2D eigenvalue weighted by atomic mass is 10.0. The first-order chi connectivity index (χ1) is 7.58. The molecule has 0 N–H and O–H groups in total. The van der Waals surface area contributed by atoms with Crippen molar-refractivity contribution in [1.29, 1.82) is 0 Å². The predicted octanol–water partition coefficient (Wildman–Crippen LogP) is 3.85. The molecule has 1 aromatic rings. The summed E-state index contributed by atoms with van der Waals surface area (Å²) in [6.45, 7) is 7.85. The minimum atomic E-state index is 0.338. The van der Waals surface area contributed by atoms with Crippen LogP contribution in [0.1, 0.15) is 37.3 Å². The number of Topliss-reactive ketones (excluding diaryl/α,β-unsaturated/α-hetero) is 1. The second-order valence-corrected chi connectivity index (χ2v) is 4.48. The van der Waals surface area contributed by atoms with Crippen LogP contribution < -0.4 is 0 Å². The van der Waals surface area contributed by atoms with Crippen LogP contribution in [-0.4, -0.2) is 5.78 Å². The van der Waals surface area contributed by atoms with Crippen LogP contribution in [0.25, 0.3) is 0 Å².